The lowest BCUT2D eigenvalue weighted by Gasteiger charge is -2.14. The molecule has 2 aromatic carbocycles. The van der Waals surface area contributed by atoms with Crippen molar-refractivity contribution in [1.82, 2.24) is 14.8 Å². The van der Waals surface area contributed by atoms with Gasteiger partial charge in [-0.2, -0.15) is 0 Å². The second kappa shape index (κ2) is 11.4. The third-order valence-corrected chi connectivity index (χ3v) is 6.31. The molecule has 184 valence electrons. The first-order chi connectivity index (χ1) is 16.9. The van der Waals surface area contributed by atoms with Crippen LogP contribution in [0.15, 0.2) is 53.7 Å². The smallest absolute Gasteiger partial charge is 0.338 e. The maximum Gasteiger partial charge on any atom is 0.338 e. The van der Waals surface area contributed by atoms with Gasteiger partial charge in [0, 0.05) is 24.3 Å². The van der Waals surface area contributed by atoms with E-state index in [1.165, 1.54) is 18.7 Å². The van der Waals surface area contributed by atoms with Gasteiger partial charge in [0.1, 0.15) is 18.2 Å². The Morgan fingerprint density at radius 1 is 1.20 bits per heavy atom. The summed E-state index contributed by atoms with van der Waals surface area (Å²) in [6, 6.07) is 14.2. The Bertz CT molecular complexity index is 1180. The summed E-state index contributed by atoms with van der Waals surface area (Å²) in [7, 11) is 0. The predicted molar refractivity (Wildman–Crippen MR) is 132 cm³/mol. The topological polar surface area (TPSA) is 116 Å². The van der Waals surface area contributed by atoms with Crippen LogP contribution in [0.3, 0.4) is 0 Å². The maximum absolute atomic E-state index is 11.7. The van der Waals surface area contributed by atoms with Crippen LogP contribution in [0.4, 0.5) is 5.69 Å². The van der Waals surface area contributed by atoms with E-state index in [1.54, 1.807) is 31.2 Å². The molecule has 3 aromatic rings. The third-order valence-electron chi connectivity index (χ3n) is 5.24. The summed E-state index contributed by atoms with van der Waals surface area (Å²) in [5, 5.41) is 22.7. The van der Waals surface area contributed by atoms with Gasteiger partial charge < -0.3 is 19.9 Å². The van der Waals surface area contributed by atoms with Crippen LogP contribution in [0, 0.1) is 0 Å². The average molecular weight is 497 g/mol. The first-order valence-electron chi connectivity index (χ1n) is 11.5. The van der Waals surface area contributed by atoms with Crippen LogP contribution in [0.1, 0.15) is 48.8 Å². The molecule has 10 heteroatoms. The lowest BCUT2D eigenvalue weighted by atomic mass is 10.2. The van der Waals surface area contributed by atoms with Gasteiger partial charge in [-0.3, -0.25) is 9.36 Å². The van der Waals surface area contributed by atoms with E-state index >= 15 is 0 Å². The van der Waals surface area contributed by atoms with Gasteiger partial charge in [0.15, 0.2) is 5.16 Å². The number of nitrogens with one attached hydrogen (secondary N) is 1. The number of esters is 1. The Labute approximate surface area is 207 Å². The summed E-state index contributed by atoms with van der Waals surface area (Å²) in [4.78, 5) is 23.2. The van der Waals surface area contributed by atoms with Crippen LogP contribution >= 0.6 is 11.8 Å². The summed E-state index contributed by atoms with van der Waals surface area (Å²) in [6.45, 7) is 3.64. The molecule has 0 aliphatic heterocycles. The summed E-state index contributed by atoms with van der Waals surface area (Å²) < 4.78 is 12.6. The summed E-state index contributed by atoms with van der Waals surface area (Å²) in [5.74, 6) is 1.65. The number of carbonyl (C=O) groups excluding carboxylic acids is 2. The molecule has 1 aliphatic rings. The number of carbonyl (C=O) groups is 2. The van der Waals surface area contributed by atoms with Gasteiger partial charge >= 0.3 is 5.97 Å². The van der Waals surface area contributed by atoms with Crippen molar-refractivity contribution >= 4 is 29.3 Å². The Kier molecular flexibility index (Phi) is 8.04. The molecule has 0 spiro atoms. The van der Waals surface area contributed by atoms with Gasteiger partial charge in [0.2, 0.25) is 5.91 Å². The standard InChI is InChI=1S/C25H28N4O5S/c1-3-33-24(32)18-9-11-22(12-10-18)34-14-21(31)15-35-25-28-27-23(17-7-8-17)29(25)20-6-4-5-19(13-20)26-16(2)30/h4-6,9-13,17,21,31H,3,7-8,14-15H2,1-2H3,(H,26,30). The Hall–Kier alpha value is -3.37. The molecule has 1 aliphatic carbocycles. The van der Waals surface area contributed by atoms with Gasteiger partial charge in [0.25, 0.3) is 0 Å². The fourth-order valence-electron chi connectivity index (χ4n) is 3.46. The van der Waals surface area contributed by atoms with Gasteiger partial charge in [-0.05, 0) is 62.2 Å². The molecule has 0 radical (unpaired) electrons. The highest BCUT2D eigenvalue weighted by molar-refractivity contribution is 7.99. The molecule has 1 amide bonds. The highest BCUT2D eigenvalue weighted by atomic mass is 32.2. The molecular formula is C25H28N4O5S. The minimum atomic E-state index is -0.745. The second-order valence-corrected chi connectivity index (χ2v) is 9.19. The highest BCUT2D eigenvalue weighted by Crippen LogP contribution is 2.41. The van der Waals surface area contributed by atoms with Gasteiger partial charge in [0.05, 0.1) is 24.0 Å². The van der Waals surface area contributed by atoms with Crippen LogP contribution in [0.2, 0.25) is 0 Å². The predicted octanol–water partition coefficient (Wildman–Crippen LogP) is 3.81. The fraction of sp³-hybridized carbons (Fsp3) is 0.360. The number of ether oxygens (including phenoxy) is 2. The summed E-state index contributed by atoms with van der Waals surface area (Å²) in [5.41, 5.74) is 2.01. The van der Waals surface area contributed by atoms with Crippen molar-refractivity contribution in [1.29, 1.82) is 0 Å². The van der Waals surface area contributed by atoms with E-state index in [0.29, 0.717) is 40.4 Å². The number of hydrogen-bond acceptors (Lipinski definition) is 8. The molecule has 4 rings (SSSR count). The molecule has 1 fully saturated rings. The summed E-state index contributed by atoms with van der Waals surface area (Å²) in [6.07, 6.45) is 1.39. The molecule has 35 heavy (non-hydrogen) atoms. The zero-order valence-electron chi connectivity index (χ0n) is 19.6. The Balaban J connectivity index is 1.38. The quantitative estimate of drug-likeness (QED) is 0.304. The second-order valence-electron chi connectivity index (χ2n) is 8.20. The van der Waals surface area contributed by atoms with Crippen molar-refractivity contribution in [2.75, 3.05) is 24.3 Å². The van der Waals surface area contributed by atoms with Gasteiger partial charge in [-0.25, -0.2) is 4.79 Å². The SMILES string of the molecule is CCOC(=O)c1ccc(OCC(O)CSc2nnc(C3CC3)n2-c2cccc(NC(C)=O)c2)cc1. The number of benzene rings is 2. The van der Waals surface area contributed by atoms with E-state index in [2.05, 4.69) is 15.5 Å². The fourth-order valence-corrected chi connectivity index (χ4v) is 4.33. The van der Waals surface area contributed by atoms with Crippen LogP contribution in [-0.4, -0.2) is 56.8 Å². The average Bonchev–Trinajstić information content (AvgIpc) is 3.60. The molecule has 1 saturated carbocycles. The van der Waals surface area contributed by atoms with Crippen molar-refractivity contribution in [3.05, 3.63) is 59.9 Å². The first-order valence-corrected chi connectivity index (χ1v) is 12.5. The third kappa shape index (κ3) is 6.61. The number of anilines is 1. The van der Waals surface area contributed by atoms with Crippen LogP contribution in [-0.2, 0) is 9.53 Å². The van der Waals surface area contributed by atoms with Crippen LogP contribution < -0.4 is 10.1 Å². The number of aromatic nitrogens is 3. The van der Waals surface area contributed by atoms with Crippen LogP contribution in [0.25, 0.3) is 5.69 Å². The number of aliphatic hydroxyl groups is 1. The number of aliphatic hydroxyl groups excluding tert-OH is 1. The van der Waals surface area contributed by atoms with Crippen molar-refractivity contribution in [3.63, 3.8) is 0 Å². The van der Waals surface area contributed by atoms with Crippen molar-refractivity contribution in [2.45, 2.75) is 43.9 Å². The van der Waals surface area contributed by atoms with Crippen molar-refractivity contribution in [2.24, 2.45) is 0 Å². The number of amides is 1. The molecule has 0 bridgehead atoms. The Morgan fingerprint density at radius 3 is 2.66 bits per heavy atom. The first kappa shape index (κ1) is 24.7. The molecule has 0 saturated heterocycles. The summed E-state index contributed by atoms with van der Waals surface area (Å²) >= 11 is 1.39. The van der Waals surface area contributed by atoms with E-state index in [-0.39, 0.29) is 18.5 Å². The van der Waals surface area contributed by atoms with Gasteiger partial charge in [-0.1, -0.05) is 17.8 Å². The van der Waals surface area contributed by atoms with E-state index in [0.717, 1.165) is 24.4 Å². The molecule has 1 aromatic heterocycles. The van der Waals surface area contributed by atoms with E-state index in [1.807, 2.05) is 28.8 Å². The van der Waals surface area contributed by atoms with E-state index in [4.69, 9.17) is 9.47 Å². The zero-order chi connectivity index (χ0) is 24.8. The molecule has 1 unspecified atom stereocenters. The molecule has 1 heterocycles. The van der Waals surface area contributed by atoms with Gasteiger partial charge in [-0.15, -0.1) is 10.2 Å². The molecule has 2 N–H and O–H groups in total. The number of hydrogen-bond donors (Lipinski definition) is 2. The Morgan fingerprint density at radius 2 is 1.97 bits per heavy atom. The maximum atomic E-state index is 11.7. The lowest BCUT2D eigenvalue weighted by molar-refractivity contribution is -0.114. The van der Waals surface area contributed by atoms with Crippen molar-refractivity contribution < 1.29 is 24.2 Å². The number of thioether (sulfide) groups is 1. The number of rotatable bonds is 11. The molecular weight excluding hydrogens is 468 g/mol. The normalized spacial score (nSPS) is 13.8. The largest absolute Gasteiger partial charge is 0.491 e. The minimum absolute atomic E-state index is 0.0907. The van der Waals surface area contributed by atoms with Crippen molar-refractivity contribution in [3.8, 4) is 11.4 Å². The number of nitrogens with zero attached hydrogens (tertiary/aromatic N) is 3. The minimum Gasteiger partial charge on any atom is -0.491 e. The zero-order valence-corrected chi connectivity index (χ0v) is 20.5. The monoisotopic (exact) mass is 496 g/mol. The molecule has 9 nitrogen and oxygen atoms in total. The van der Waals surface area contributed by atoms with E-state index < -0.39 is 6.10 Å². The lowest BCUT2D eigenvalue weighted by Crippen LogP contribution is -2.20. The molecule has 1 atom stereocenters. The van der Waals surface area contributed by atoms with Crippen LogP contribution in [0.5, 0.6) is 5.75 Å². The highest BCUT2D eigenvalue weighted by Gasteiger charge is 2.31. The van der Waals surface area contributed by atoms with E-state index in [9.17, 15) is 14.7 Å².